The molecule has 8 nitrogen and oxygen atoms in total. The lowest BCUT2D eigenvalue weighted by molar-refractivity contribution is -0.166. The van der Waals surface area contributed by atoms with E-state index in [2.05, 4.69) is 30.3 Å². The van der Waals surface area contributed by atoms with Crippen molar-refractivity contribution in [1.82, 2.24) is 9.21 Å². The van der Waals surface area contributed by atoms with E-state index >= 15 is 0 Å². The van der Waals surface area contributed by atoms with E-state index in [0.717, 1.165) is 38.4 Å². The van der Waals surface area contributed by atoms with E-state index in [1.807, 2.05) is 0 Å². The Balaban J connectivity index is 1.39. The number of hydrogen-bond donors (Lipinski definition) is 1. The van der Waals surface area contributed by atoms with Gasteiger partial charge in [0.05, 0.1) is 30.9 Å². The van der Waals surface area contributed by atoms with Crippen molar-refractivity contribution < 1.29 is 22.6 Å². The van der Waals surface area contributed by atoms with Gasteiger partial charge < -0.3 is 24.4 Å². The largest absolute Gasteiger partial charge is 0.495 e. The summed E-state index contributed by atoms with van der Waals surface area (Å²) in [4.78, 5) is 2.49. The van der Waals surface area contributed by atoms with Crippen LogP contribution in [0.15, 0.2) is 35.0 Å². The molecule has 0 aliphatic carbocycles. The maximum atomic E-state index is 13.2. The second-order valence-electron chi connectivity index (χ2n) is 10.2. The first-order valence-corrected chi connectivity index (χ1v) is 13.3. The van der Waals surface area contributed by atoms with E-state index in [1.165, 1.54) is 0 Å². The van der Waals surface area contributed by atoms with Crippen molar-refractivity contribution in [3.05, 3.63) is 30.1 Å². The molecule has 2 atom stereocenters. The summed E-state index contributed by atoms with van der Waals surface area (Å²) in [6.45, 7) is 7.29. The predicted molar refractivity (Wildman–Crippen MR) is 126 cm³/mol. The topological polar surface area (TPSA) is 80.3 Å². The van der Waals surface area contributed by atoms with E-state index in [9.17, 15) is 8.42 Å². The number of sulfonamides is 1. The van der Waals surface area contributed by atoms with Gasteiger partial charge in [0.25, 0.3) is 0 Å². The number of anilines is 1. The maximum absolute atomic E-state index is 13.2. The highest BCUT2D eigenvalue weighted by molar-refractivity contribution is 7.89. The van der Waals surface area contributed by atoms with E-state index < -0.39 is 10.0 Å². The minimum absolute atomic E-state index is 0.0338. The first kappa shape index (κ1) is 23.0. The van der Waals surface area contributed by atoms with Crippen molar-refractivity contribution in [1.29, 1.82) is 0 Å². The zero-order valence-corrected chi connectivity index (χ0v) is 20.6. The molecular formula is C24H35N3O5S. The highest BCUT2D eigenvalue weighted by atomic mass is 32.2. The van der Waals surface area contributed by atoms with Crippen LogP contribution in [0, 0.1) is 23.2 Å². The molecule has 3 fully saturated rings. The second kappa shape index (κ2) is 8.76. The molecule has 1 N–H and O–H groups in total. The lowest BCUT2D eigenvalue weighted by Crippen LogP contribution is -2.66. The highest BCUT2D eigenvalue weighted by Gasteiger charge is 2.53. The summed E-state index contributed by atoms with van der Waals surface area (Å²) in [5.41, 5.74) is 0.700. The molecule has 182 valence electrons. The van der Waals surface area contributed by atoms with Crippen molar-refractivity contribution >= 4 is 15.7 Å². The molecule has 1 aromatic rings. The number of nitrogens with one attached hydrogen (secondary N) is 1. The molecule has 5 rings (SSSR count). The van der Waals surface area contributed by atoms with Gasteiger partial charge in [0.2, 0.25) is 10.0 Å². The Kier molecular flexibility index (Phi) is 6.09. The average molecular weight is 478 g/mol. The molecule has 3 saturated heterocycles. The summed E-state index contributed by atoms with van der Waals surface area (Å²) in [6, 6.07) is 5.07. The van der Waals surface area contributed by atoms with E-state index in [-0.39, 0.29) is 10.3 Å². The fourth-order valence-electron chi connectivity index (χ4n) is 5.64. The van der Waals surface area contributed by atoms with Gasteiger partial charge in [0, 0.05) is 45.3 Å². The highest BCUT2D eigenvalue weighted by Crippen LogP contribution is 2.42. The van der Waals surface area contributed by atoms with Gasteiger partial charge in [-0.15, -0.1) is 0 Å². The predicted octanol–water partition coefficient (Wildman–Crippen LogP) is 2.59. The first-order chi connectivity index (χ1) is 15.8. The van der Waals surface area contributed by atoms with Crippen molar-refractivity contribution in [3.8, 4) is 5.75 Å². The summed E-state index contributed by atoms with van der Waals surface area (Å²) in [5, 5.41) is 3.49. The van der Waals surface area contributed by atoms with Gasteiger partial charge in [-0.25, -0.2) is 8.42 Å². The molecule has 1 unspecified atom stereocenters. The summed E-state index contributed by atoms with van der Waals surface area (Å²) in [7, 11) is 0.127. The maximum Gasteiger partial charge on any atom is 0.243 e. The summed E-state index contributed by atoms with van der Waals surface area (Å²) >= 11 is 0. The number of ether oxygens (including phenoxy) is 3. The van der Waals surface area contributed by atoms with Crippen LogP contribution in [0.4, 0.5) is 5.69 Å². The lowest BCUT2D eigenvalue weighted by Gasteiger charge is -2.53. The Bertz CT molecular complexity index is 1010. The Hall–Kier alpha value is -1.81. The number of methoxy groups -OCH3 is 1. The number of allylic oxidation sites excluding steroid dienone is 1. The quantitative estimate of drug-likeness (QED) is 0.675. The minimum atomic E-state index is -3.55. The molecule has 1 spiro atoms. The number of rotatable bonds is 6. The molecule has 1 aromatic carbocycles. The monoisotopic (exact) mass is 477 g/mol. The molecule has 0 aromatic heterocycles. The van der Waals surface area contributed by atoms with Crippen molar-refractivity contribution in [2.75, 3.05) is 65.5 Å². The fourth-order valence-corrected chi connectivity index (χ4v) is 7.33. The Morgan fingerprint density at radius 3 is 2.52 bits per heavy atom. The molecular weight excluding hydrogens is 442 g/mol. The fraction of sp³-hybridized carbons (Fsp3) is 0.667. The SMILES string of the molecule is COc1ccc(S(=O)(=O)N2CC3(COC3)C2)cc1NC1=CC(C2CCOCC2)[C@@H](C)CN1C. The van der Waals surface area contributed by atoms with Crippen molar-refractivity contribution in [2.24, 2.45) is 23.2 Å². The molecule has 0 amide bonds. The standard InChI is InChI=1S/C24H35N3O5S/c1-17-12-26(2)23(11-20(17)18-6-8-31-9-7-18)25-21-10-19(4-5-22(21)30-3)33(28,29)27-13-24(14-27)15-32-16-24/h4-5,10-11,17-18,20,25H,6-9,12-16H2,1-3H3/t17-,20?/m0/s1. The first-order valence-electron chi connectivity index (χ1n) is 11.8. The molecule has 9 heteroatoms. The van der Waals surface area contributed by atoms with Crippen LogP contribution in [0.5, 0.6) is 5.75 Å². The molecule has 0 radical (unpaired) electrons. The second-order valence-corrected chi connectivity index (χ2v) is 12.1. The molecule has 4 heterocycles. The Morgan fingerprint density at radius 2 is 1.88 bits per heavy atom. The Morgan fingerprint density at radius 1 is 1.15 bits per heavy atom. The van der Waals surface area contributed by atoms with E-state index in [4.69, 9.17) is 14.2 Å². The van der Waals surface area contributed by atoms with Gasteiger partial charge in [-0.1, -0.05) is 6.92 Å². The van der Waals surface area contributed by atoms with Gasteiger partial charge in [-0.2, -0.15) is 4.31 Å². The molecule has 0 saturated carbocycles. The van der Waals surface area contributed by atoms with Gasteiger partial charge in [0.15, 0.2) is 0 Å². The Labute approximate surface area is 196 Å². The zero-order valence-electron chi connectivity index (χ0n) is 19.7. The number of nitrogens with zero attached hydrogens (tertiary/aromatic N) is 2. The van der Waals surface area contributed by atoms with Crippen LogP contribution in [0.1, 0.15) is 19.8 Å². The lowest BCUT2D eigenvalue weighted by atomic mass is 9.76. The van der Waals surface area contributed by atoms with Crippen LogP contribution in [0.25, 0.3) is 0 Å². The third-order valence-electron chi connectivity index (χ3n) is 7.70. The van der Waals surface area contributed by atoms with Crippen LogP contribution in [-0.2, 0) is 19.5 Å². The smallest absolute Gasteiger partial charge is 0.243 e. The van der Waals surface area contributed by atoms with Crippen LogP contribution >= 0.6 is 0 Å². The number of benzene rings is 1. The summed E-state index contributed by atoms with van der Waals surface area (Å²) in [5.74, 6) is 3.24. The van der Waals surface area contributed by atoms with Crippen LogP contribution < -0.4 is 10.1 Å². The van der Waals surface area contributed by atoms with Crippen LogP contribution in [-0.4, -0.2) is 77.8 Å². The molecule has 4 aliphatic heterocycles. The van der Waals surface area contributed by atoms with Gasteiger partial charge in [0.1, 0.15) is 11.6 Å². The minimum Gasteiger partial charge on any atom is -0.495 e. The van der Waals surface area contributed by atoms with Crippen molar-refractivity contribution in [2.45, 2.75) is 24.7 Å². The molecule has 0 bridgehead atoms. The van der Waals surface area contributed by atoms with Crippen LogP contribution in [0.2, 0.25) is 0 Å². The van der Waals surface area contributed by atoms with Crippen LogP contribution in [0.3, 0.4) is 0 Å². The van der Waals surface area contributed by atoms with Gasteiger partial charge in [-0.05, 0) is 54.9 Å². The number of hydrogen-bond acceptors (Lipinski definition) is 7. The third-order valence-corrected chi connectivity index (χ3v) is 9.49. The zero-order chi connectivity index (χ0) is 23.2. The van der Waals surface area contributed by atoms with Crippen molar-refractivity contribution in [3.63, 3.8) is 0 Å². The van der Waals surface area contributed by atoms with Gasteiger partial charge in [-0.3, -0.25) is 0 Å². The van der Waals surface area contributed by atoms with Gasteiger partial charge >= 0.3 is 0 Å². The molecule has 4 aliphatic rings. The average Bonchev–Trinajstić information content (AvgIpc) is 2.74. The van der Waals surface area contributed by atoms with E-state index in [0.29, 0.717) is 55.5 Å². The summed E-state index contributed by atoms with van der Waals surface area (Å²) in [6.07, 6.45) is 4.49. The normalized spacial score (nSPS) is 28.1. The van der Waals surface area contributed by atoms with E-state index in [1.54, 1.807) is 29.6 Å². The summed E-state index contributed by atoms with van der Waals surface area (Å²) < 4.78 is 44.4. The third kappa shape index (κ3) is 4.24. The molecule has 33 heavy (non-hydrogen) atoms.